The van der Waals surface area contributed by atoms with Crippen molar-refractivity contribution >= 4 is 0 Å². The van der Waals surface area contributed by atoms with Crippen molar-refractivity contribution in [1.82, 2.24) is 10.2 Å². The maximum Gasteiger partial charge on any atom is 0.123 e. The van der Waals surface area contributed by atoms with Crippen molar-refractivity contribution < 1.29 is 4.39 Å². The number of nitrogens with zero attached hydrogens (tertiary/aromatic N) is 1. The third kappa shape index (κ3) is 3.77. The van der Waals surface area contributed by atoms with Crippen LogP contribution in [0.15, 0.2) is 24.3 Å². The summed E-state index contributed by atoms with van der Waals surface area (Å²) in [6, 6.07) is 7.50. The molecule has 0 amide bonds. The molecule has 1 N–H and O–H groups in total. The molecule has 1 aliphatic heterocycles. The lowest BCUT2D eigenvalue weighted by molar-refractivity contribution is 0.0943. The number of benzene rings is 1. The second kappa shape index (κ2) is 6.02. The van der Waals surface area contributed by atoms with Crippen molar-refractivity contribution in [2.75, 3.05) is 19.6 Å². The van der Waals surface area contributed by atoms with Crippen LogP contribution in [0.4, 0.5) is 4.39 Å². The monoisotopic (exact) mass is 264 g/mol. The first-order valence-corrected chi connectivity index (χ1v) is 7.26. The molecular formula is C16H25FN2. The van der Waals surface area contributed by atoms with Gasteiger partial charge in [-0.2, -0.15) is 0 Å². The summed E-state index contributed by atoms with van der Waals surface area (Å²) in [5.74, 6) is -0.135. The number of rotatable bonds is 4. The Balaban J connectivity index is 1.94. The third-order valence-electron chi connectivity index (χ3n) is 4.36. The number of nitrogens with one attached hydrogen (secondary N) is 1. The van der Waals surface area contributed by atoms with Crippen LogP contribution in [0.2, 0.25) is 0 Å². The Kier molecular flexibility index (Phi) is 4.58. The van der Waals surface area contributed by atoms with Gasteiger partial charge in [0.1, 0.15) is 5.82 Å². The highest BCUT2D eigenvalue weighted by Crippen LogP contribution is 2.19. The van der Waals surface area contributed by atoms with Gasteiger partial charge in [0.05, 0.1) is 0 Å². The molecular weight excluding hydrogens is 239 g/mol. The summed E-state index contributed by atoms with van der Waals surface area (Å²) in [4.78, 5) is 2.52. The molecule has 19 heavy (non-hydrogen) atoms. The SMILES string of the molecule is CCC1(C)CN(CCc2cccc(F)c2)C(C)CN1. The van der Waals surface area contributed by atoms with Gasteiger partial charge in [-0.25, -0.2) is 4.39 Å². The Hall–Kier alpha value is -0.930. The first kappa shape index (κ1) is 14.5. The van der Waals surface area contributed by atoms with Gasteiger partial charge in [0.2, 0.25) is 0 Å². The molecule has 0 aliphatic carbocycles. The Morgan fingerprint density at radius 2 is 2.26 bits per heavy atom. The van der Waals surface area contributed by atoms with E-state index in [0.717, 1.165) is 38.0 Å². The van der Waals surface area contributed by atoms with E-state index >= 15 is 0 Å². The van der Waals surface area contributed by atoms with E-state index in [2.05, 4.69) is 31.0 Å². The predicted octanol–water partition coefficient (Wildman–Crippen LogP) is 2.83. The van der Waals surface area contributed by atoms with Gasteiger partial charge in [0.15, 0.2) is 0 Å². The van der Waals surface area contributed by atoms with Gasteiger partial charge in [-0.1, -0.05) is 19.1 Å². The summed E-state index contributed by atoms with van der Waals surface area (Å²) in [6.07, 6.45) is 2.05. The average Bonchev–Trinajstić information content (AvgIpc) is 2.40. The number of hydrogen-bond donors (Lipinski definition) is 1. The molecule has 0 saturated carbocycles. The lowest BCUT2D eigenvalue weighted by atomic mass is 9.93. The Labute approximate surface area is 116 Å². The average molecular weight is 264 g/mol. The zero-order valence-electron chi connectivity index (χ0n) is 12.2. The van der Waals surface area contributed by atoms with Crippen LogP contribution in [-0.2, 0) is 6.42 Å². The number of piperazine rings is 1. The maximum absolute atomic E-state index is 13.2. The third-order valence-corrected chi connectivity index (χ3v) is 4.36. The normalized spacial score (nSPS) is 28.5. The molecule has 2 atom stereocenters. The second-order valence-corrected chi connectivity index (χ2v) is 5.99. The molecule has 1 aliphatic rings. The van der Waals surface area contributed by atoms with E-state index in [1.807, 2.05) is 6.07 Å². The van der Waals surface area contributed by atoms with Gasteiger partial charge in [-0.3, -0.25) is 4.90 Å². The smallest absolute Gasteiger partial charge is 0.123 e. The van der Waals surface area contributed by atoms with Gasteiger partial charge in [-0.05, 0) is 44.4 Å². The summed E-state index contributed by atoms with van der Waals surface area (Å²) in [5, 5.41) is 3.63. The van der Waals surface area contributed by atoms with Gasteiger partial charge in [0.25, 0.3) is 0 Å². The molecule has 1 heterocycles. The molecule has 0 spiro atoms. The Bertz CT molecular complexity index is 421. The summed E-state index contributed by atoms with van der Waals surface area (Å²) < 4.78 is 13.2. The number of halogens is 1. The van der Waals surface area contributed by atoms with E-state index in [-0.39, 0.29) is 11.4 Å². The van der Waals surface area contributed by atoms with Crippen LogP contribution in [0.1, 0.15) is 32.8 Å². The van der Waals surface area contributed by atoms with Crippen molar-refractivity contribution in [2.45, 2.75) is 45.2 Å². The standard InChI is InChI=1S/C16H25FN2/c1-4-16(3)12-19(13(2)11-18-16)9-8-14-6-5-7-15(17)10-14/h5-7,10,13,18H,4,8-9,11-12H2,1-3H3. The van der Waals surface area contributed by atoms with E-state index in [0.29, 0.717) is 6.04 Å². The summed E-state index contributed by atoms with van der Waals surface area (Å²) in [5.41, 5.74) is 1.30. The Morgan fingerprint density at radius 1 is 1.47 bits per heavy atom. The topological polar surface area (TPSA) is 15.3 Å². The van der Waals surface area contributed by atoms with Crippen molar-refractivity contribution in [3.05, 3.63) is 35.6 Å². The molecule has 0 aromatic heterocycles. The molecule has 1 fully saturated rings. The second-order valence-electron chi connectivity index (χ2n) is 5.99. The lowest BCUT2D eigenvalue weighted by Gasteiger charge is -2.45. The minimum atomic E-state index is -0.135. The molecule has 0 bridgehead atoms. The molecule has 2 rings (SSSR count). The van der Waals surface area contributed by atoms with Crippen LogP contribution in [0.5, 0.6) is 0 Å². The van der Waals surface area contributed by atoms with Crippen LogP contribution in [-0.4, -0.2) is 36.1 Å². The molecule has 3 heteroatoms. The highest BCUT2D eigenvalue weighted by molar-refractivity contribution is 5.16. The zero-order valence-corrected chi connectivity index (χ0v) is 12.2. The van der Waals surface area contributed by atoms with E-state index in [1.54, 1.807) is 12.1 Å². The number of hydrogen-bond acceptors (Lipinski definition) is 2. The minimum Gasteiger partial charge on any atom is -0.309 e. The zero-order chi connectivity index (χ0) is 13.9. The van der Waals surface area contributed by atoms with Gasteiger partial charge >= 0.3 is 0 Å². The predicted molar refractivity (Wildman–Crippen MR) is 77.8 cm³/mol. The van der Waals surface area contributed by atoms with Crippen LogP contribution in [0.25, 0.3) is 0 Å². The first-order chi connectivity index (χ1) is 9.02. The van der Waals surface area contributed by atoms with Crippen molar-refractivity contribution in [2.24, 2.45) is 0 Å². The van der Waals surface area contributed by atoms with Crippen molar-refractivity contribution in [3.63, 3.8) is 0 Å². The molecule has 0 radical (unpaired) electrons. The fourth-order valence-electron chi connectivity index (χ4n) is 2.68. The maximum atomic E-state index is 13.2. The summed E-state index contributed by atoms with van der Waals surface area (Å²) >= 11 is 0. The van der Waals surface area contributed by atoms with Gasteiger partial charge in [0, 0.05) is 31.2 Å². The van der Waals surface area contributed by atoms with Crippen LogP contribution in [0, 0.1) is 5.82 Å². The fourth-order valence-corrected chi connectivity index (χ4v) is 2.68. The minimum absolute atomic E-state index is 0.135. The molecule has 1 aromatic carbocycles. The molecule has 1 aromatic rings. The van der Waals surface area contributed by atoms with Gasteiger partial charge < -0.3 is 5.32 Å². The fraction of sp³-hybridized carbons (Fsp3) is 0.625. The lowest BCUT2D eigenvalue weighted by Crippen LogP contribution is -2.62. The van der Waals surface area contributed by atoms with E-state index < -0.39 is 0 Å². The van der Waals surface area contributed by atoms with Crippen LogP contribution >= 0.6 is 0 Å². The van der Waals surface area contributed by atoms with Gasteiger partial charge in [-0.15, -0.1) is 0 Å². The van der Waals surface area contributed by atoms with E-state index in [4.69, 9.17) is 0 Å². The molecule has 2 unspecified atom stereocenters. The van der Waals surface area contributed by atoms with Crippen molar-refractivity contribution in [1.29, 1.82) is 0 Å². The largest absolute Gasteiger partial charge is 0.309 e. The highest BCUT2D eigenvalue weighted by Gasteiger charge is 2.31. The molecule has 2 nitrogen and oxygen atoms in total. The van der Waals surface area contributed by atoms with Crippen LogP contribution in [0.3, 0.4) is 0 Å². The van der Waals surface area contributed by atoms with Crippen LogP contribution < -0.4 is 5.32 Å². The molecule has 106 valence electrons. The first-order valence-electron chi connectivity index (χ1n) is 7.26. The quantitative estimate of drug-likeness (QED) is 0.899. The Morgan fingerprint density at radius 3 is 2.95 bits per heavy atom. The van der Waals surface area contributed by atoms with E-state index in [1.165, 1.54) is 6.07 Å². The summed E-state index contributed by atoms with van der Waals surface area (Å²) in [6.45, 7) is 9.88. The highest BCUT2D eigenvalue weighted by atomic mass is 19.1. The summed E-state index contributed by atoms with van der Waals surface area (Å²) in [7, 11) is 0. The van der Waals surface area contributed by atoms with Crippen molar-refractivity contribution in [3.8, 4) is 0 Å². The molecule has 1 saturated heterocycles. The van der Waals surface area contributed by atoms with E-state index in [9.17, 15) is 4.39 Å².